The highest BCUT2D eigenvalue weighted by Gasteiger charge is 2.24. The highest BCUT2D eigenvalue weighted by molar-refractivity contribution is 5.67. The zero-order chi connectivity index (χ0) is 10.6. The number of hydrogen-bond acceptors (Lipinski definition) is 3. The predicted molar refractivity (Wildman–Crippen MR) is 55.3 cm³/mol. The van der Waals surface area contributed by atoms with Gasteiger partial charge in [-0.25, -0.2) is 4.79 Å². The molecule has 1 amide bonds. The van der Waals surface area contributed by atoms with Gasteiger partial charge >= 0.3 is 6.09 Å². The number of amides is 1. The maximum atomic E-state index is 11.3. The third kappa shape index (κ3) is 2.61. The van der Waals surface area contributed by atoms with Crippen LogP contribution in [0.1, 0.15) is 19.8 Å². The Morgan fingerprint density at radius 1 is 1.50 bits per heavy atom. The third-order valence-electron chi connectivity index (χ3n) is 3.01. The average molecular weight is 200 g/mol. The SMILES string of the molecule is CCN1CCC(N(C)C(=O)OC)CC1. The summed E-state index contributed by atoms with van der Waals surface area (Å²) in [5, 5.41) is 0. The van der Waals surface area contributed by atoms with Crippen molar-refractivity contribution in [2.75, 3.05) is 33.8 Å². The lowest BCUT2D eigenvalue weighted by Gasteiger charge is -2.35. The number of carbonyl (C=O) groups is 1. The Labute approximate surface area is 85.8 Å². The van der Waals surface area contributed by atoms with Crippen LogP contribution in [-0.4, -0.2) is 55.7 Å². The van der Waals surface area contributed by atoms with E-state index in [1.165, 1.54) is 7.11 Å². The molecule has 0 radical (unpaired) electrons. The Morgan fingerprint density at radius 2 is 2.07 bits per heavy atom. The summed E-state index contributed by atoms with van der Waals surface area (Å²) >= 11 is 0. The van der Waals surface area contributed by atoms with Gasteiger partial charge in [-0.3, -0.25) is 0 Å². The van der Waals surface area contributed by atoms with E-state index in [1.54, 1.807) is 4.90 Å². The number of hydrogen-bond donors (Lipinski definition) is 0. The summed E-state index contributed by atoms with van der Waals surface area (Å²) in [5.41, 5.74) is 0. The molecule has 0 unspecified atom stereocenters. The van der Waals surface area contributed by atoms with Crippen LogP contribution in [0.4, 0.5) is 4.79 Å². The van der Waals surface area contributed by atoms with Crippen LogP contribution in [0.3, 0.4) is 0 Å². The minimum atomic E-state index is -0.222. The topological polar surface area (TPSA) is 32.8 Å². The molecule has 0 N–H and O–H groups in total. The molecular formula is C10H20N2O2. The lowest BCUT2D eigenvalue weighted by Crippen LogP contribution is -2.45. The highest BCUT2D eigenvalue weighted by atomic mass is 16.5. The fourth-order valence-corrected chi connectivity index (χ4v) is 1.92. The third-order valence-corrected chi connectivity index (χ3v) is 3.01. The molecule has 4 heteroatoms. The minimum Gasteiger partial charge on any atom is -0.453 e. The van der Waals surface area contributed by atoms with Gasteiger partial charge in [-0.15, -0.1) is 0 Å². The minimum absolute atomic E-state index is 0.222. The monoisotopic (exact) mass is 200 g/mol. The lowest BCUT2D eigenvalue weighted by atomic mass is 10.0. The summed E-state index contributed by atoms with van der Waals surface area (Å²) in [6.07, 6.45) is 1.89. The van der Waals surface area contributed by atoms with Crippen molar-refractivity contribution >= 4 is 6.09 Å². The number of rotatable bonds is 2. The standard InChI is InChI=1S/C10H20N2O2/c1-4-12-7-5-9(6-8-12)11(2)10(13)14-3/h9H,4-8H2,1-3H3. The second kappa shape index (κ2) is 5.20. The zero-order valence-corrected chi connectivity index (χ0v) is 9.32. The summed E-state index contributed by atoms with van der Waals surface area (Å²) in [6, 6.07) is 0.352. The van der Waals surface area contributed by atoms with Gasteiger partial charge in [0.1, 0.15) is 0 Å². The van der Waals surface area contributed by atoms with Gasteiger partial charge in [0, 0.05) is 26.2 Å². The zero-order valence-electron chi connectivity index (χ0n) is 9.32. The molecule has 0 aliphatic carbocycles. The molecule has 82 valence electrons. The second-order valence-corrected chi connectivity index (χ2v) is 3.75. The summed E-state index contributed by atoms with van der Waals surface area (Å²) in [6.45, 7) is 5.45. The number of likely N-dealkylation sites (tertiary alicyclic amines) is 1. The molecule has 0 atom stereocenters. The van der Waals surface area contributed by atoms with Gasteiger partial charge in [0.2, 0.25) is 0 Å². The van der Waals surface area contributed by atoms with Gasteiger partial charge < -0.3 is 14.5 Å². The summed E-state index contributed by atoms with van der Waals surface area (Å²) in [4.78, 5) is 15.4. The second-order valence-electron chi connectivity index (χ2n) is 3.75. The summed E-state index contributed by atoms with van der Waals surface area (Å²) < 4.78 is 4.69. The van der Waals surface area contributed by atoms with Crippen LogP contribution in [0.5, 0.6) is 0 Å². The van der Waals surface area contributed by atoms with E-state index in [4.69, 9.17) is 4.74 Å². The van der Waals surface area contributed by atoms with Gasteiger partial charge in [0.15, 0.2) is 0 Å². The van der Waals surface area contributed by atoms with Crippen molar-refractivity contribution in [1.29, 1.82) is 0 Å². The Morgan fingerprint density at radius 3 is 2.50 bits per heavy atom. The van der Waals surface area contributed by atoms with Gasteiger partial charge in [-0.1, -0.05) is 6.92 Å². The van der Waals surface area contributed by atoms with Crippen LogP contribution in [0, 0.1) is 0 Å². The molecule has 0 spiro atoms. The number of carbonyl (C=O) groups excluding carboxylic acids is 1. The molecule has 0 aromatic rings. The van der Waals surface area contributed by atoms with Gasteiger partial charge in [-0.2, -0.15) is 0 Å². The quantitative estimate of drug-likeness (QED) is 0.670. The van der Waals surface area contributed by atoms with Crippen molar-refractivity contribution in [2.24, 2.45) is 0 Å². The normalized spacial score (nSPS) is 19.4. The largest absolute Gasteiger partial charge is 0.453 e. The van der Waals surface area contributed by atoms with Gasteiger partial charge in [-0.05, 0) is 19.4 Å². The van der Waals surface area contributed by atoms with Crippen LogP contribution in [0.2, 0.25) is 0 Å². The molecule has 0 bridgehead atoms. The van der Waals surface area contributed by atoms with Crippen LogP contribution >= 0.6 is 0 Å². The molecule has 0 aromatic heterocycles. The first-order chi connectivity index (χ1) is 6.69. The Kier molecular flexibility index (Phi) is 4.20. The van der Waals surface area contributed by atoms with E-state index in [9.17, 15) is 4.79 Å². The highest BCUT2D eigenvalue weighted by Crippen LogP contribution is 2.15. The summed E-state index contributed by atoms with van der Waals surface area (Å²) in [5.74, 6) is 0. The molecule has 1 heterocycles. The van der Waals surface area contributed by atoms with Crippen molar-refractivity contribution in [3.8, 4) is 0 Å². The van der Waals surface area contributed by atoms with Crippen molar-refractivity contribution < 1.29 is 9.53 Å². The van der Waals surface area contributed by atoms with E-state index in [0.29, 0.717) is 6.04 Å². The van der Waals surface area contributed by atoms with Crippen molar-refractivity contribution in [2.45, 2.75) is 25.8 Å². The van der Waals surface area contributed by atoms with Gasteiger partial charge in [0.05, 0.1) is 7.11 Å². The first-order valence-corrected chi connectivity index (χ1v) is 5.22. The fraction of sp³-hybridized carbons (Fsp3) is 0.900. The van der Waals surface area contributed by atoms with E-state index in [2.05, 4.69) is 11.8 Å². The molecule has 0 saturated carbocycles. The molecule has 1 saturated heterocycles. The van der Waals surface area contributed by atoms with Crippen molar-refractivity contribution in [3.63, 3.8) is 0 Å². The Hall–Kier alpha value is -0.770. The van der Waals surface area contributed by atoms with Crippen molar-refractivity contribution in [3.05, 3.63) is 0 Å². The van der Waals surface area contributed by atoms with Crippen LogP contribution in [-0.2, 0) is 4.74 Å². The van der Waals surface area contributed by atoms with E-state index >= 15 is 0 Å². The molecular weight excluding hydrogens is 180 g/mol. The molecule has 4 nitrogen and oxygen atoms in total. The Bertz CT molecular complexity index is 189. The summed E-state index contributed by atoms with van der Waals surface area (Å²) in [7, 11) is 3.25. The van der Waals surface area contributed by atoms with Crippen LogP contribution < -0.4 is 0 Å². The number of ether oxygens (including phenoxy) is 1. The molecule has 14 heavy (non-hydrogen) atoms. The first-order valence-electron chi connectivity index (χ1n) is 5.22. The van der Waals surface area contributed by atoms with Crippen molar-refractivity contribution in [1.82, 2.24) is 9.80 Å². The van der Waals surface area contributed by atoms with E-state index in [1.807, 2.05) is 7.05 Å². The molecule has 1 fully saturated rings. The fourth-order valence-electron chi connectivity index (χ4n) is 1.92. The average Bonchev–Trinajstić information content (AvgIpc) is 2.27. The van der Waals surface area contributed by atoms with Gasteiger partial charge in [0.25, 0.3) is 0 Å². The molecule has 1 aliphatic heterocycles. The lowest BCUT2D eigenvalue weighted by molar-refractivity contribution is 0.0926. The first kappa shape index (κ1) is 11.3. The van der Waals surface area contributed by atoms with E-state index < -0.39 is 0 Å². The predicted octanol–water partition coefficient (Wildman–Crippen LogP) is 1.17. The molecule has 0 aromatic carbocycles. The van der Waals surface area contributed by atoms with E-state index in [-0.39, 0.29) is 6.09 Å². The van der Waals surface area contributed by atoms with Crippen LogP contribution in [0.15, 0.2) is 0 Å². The van der Waals surface area contributed by atoms with Crippen LogP contribution in [0.25, 0.3) is 0 Å². The molecule has 1 aliphatic rings. The maximum absolute atomic E-state index is 11.3. The number of methoxy groups -OCH3 is 1. The van der Waals surface area contributed by atoms with E-state index in [0.717, 1.165) is 32.5 Å². The number of nitrogens with zero attached hydrogens (tertiary/aromatic N) is 2. The Balaban J connectivity index is 2.37. The maximum Gasteiger partial charge on any atom is 0.409 e. The smallest absolute Gasteiger partial charge is 0.409 e. The molecule has 1 rings (SSSR count). The number of piperidine rings is 1.